The number of rotatable bonds is 2. The summed E-state index contributed by atoms with van der Waals surface area (Å²) >= 11 is 3.45. The van der Waals surface area contributed by atoms with Crippen LogP contribution in [-0.2, 0) is 4.79 Å². The van der Waals surface area contributed by atoms with Gasteiger partial charge in [0.15, 0.2) is 0 Å². The largest absolute Gasteiger partial charge is 0.326 e. The molecule has 0 bridgehead atoms. The van der Waals surface area contributed by atoms with Gasteiger partial charge in [-0.25, -0.2) is 0 Å². The molecule has 1 heterocycles. The first-order valence-corrected chi connectivity index (χ1v) is 6.74. The van der Waals surface area contributed by atoms with Crippen LogP contribution in [0.3, 0.4) is 0 Å². The fraction of sp³-hybridized carbons (Fsp3) is 0.462. The maximum atomic E-state index is 12.0. The summed E-state index contributed by atoms with van der Waals surface area (Å²) in [5.41, 5.74) is 2.01. The van der Waals surface area contributed by atoms with Crippen LogP contribution in [0.1, 0.15) is 18.4 Å². The summed E-state index contributed by atoms with van der Waals surface area (Å²) in [5, 5.41) is 6.23. The van der Waals surface area contributed by atoms with Crippen LogP contribution in [0.15, 0.2) is 22.7 Å². The molecule has 100 valence electrons. The lowest BCUT2D eigenvalue weighted by Gasteiger charge is -2.22. The topological polar surface area (TPSA) is 41.1 Å². The molecule has 1 aromatic carbocycles. The fourth-order valence-electron chi connectivity index (χ4n) is 2.04. The molecular weight excluding hydrogens is 316 g/mol. The summed E-state index contributed by atoms with van der Waals surface area (Å²) in [6.07, 6.45) is 2.06. The van der Waals surface area contributed by atoms with E-state index >= 15 is 0 Å². The number of halogens is 2. The first-order chi connectivity index (χ1) is 8.16. The van der Waals surface area contributed by atoms with Gasteiger partial charge >= 0.3 is 0 Å². The summed E-state index contributed by atoms with van der Waals surface area (Å²) < 4.78 is 1.06. The molecule has 1 aliphatic heterocycles. The number of amides is 1. The van der Waals surface area contributed by atoms with E-state index in [4.69, 9.17) is 0 Å². The molecule has 0 radical (unpaired) electrons. The molecule has 2 rings (SSSR count). The van der Waals surface area contributed by atoms with E-state index in [-0.39, 0.29) is 24.2 Å². The Morgan fingerprint density at radius 1 is 1.50 bits per heavy atom. The quantitative estimate of drug-likeness (QED) is 0.873. The van der Waals surface area contributed by atoms with Gasteiger partial charge in [0.25, 0.3) is 0 Å². The number of hydrogen-bond donors (Lipinski definition) is 2. The molecule has 1 saturated heterocycles. The number of anilines is 1. The van der Waals surface area contributed by atoms with E-state index in [0.717, 1.165) is 41.7 Å². The van der Waals surface area contributed by atoms with Crippen molar-refractivity contribution in [3.63, 3.8) is 0 Å². The van der Waals surface area contributed by atoms with Crippen molar-refractivity contribution in [1.82, 2.24) is 5.32 Å². The van der Waals surface area contributed by atoms with Crippen LogP contribution in [-0.4, -0.2) is 19.0 Å². The zero-order chi connectivity index (χ0) is 12.3. The van der Waals surface area contributed by atoms with E-state index in [9.17, 15) is 4.79 Å². The Hall–Kier alpha value is -0.580. The van der Waals surface area contributed by atoms with Gasteiger partial charge in [-0.1, -0.05) is 15.9 Å². The Bertz CT molecular complexity index is 419. The van der Waals surface area contributed by atoms with Crippen LogP contribution in [0.4, 0.5) is 5.69 Å². The molecule has 0 spiro atoms. The molecular formula is C13H18BrClN2O. The number of carbonyl (C=O) groups excluding carboxylic acids is 1. The molecule has 3 nitrogen and oxygen atoms in total. The minimum atomic E-state index is 0. The number of carbonyl (C=O) groups is 1. The second-order valence-corrected chi connectivity index (χ2v) is 5.35. The Kier molecular flexibility index (Phi) is 6.12. The average molecular weight is 334 g/mol. The molecule has 1 aromatic rings. The van der Waals surface area contributed by atoms with E-state index in [2.05, 4.69) is 26.6 Å². The van der Waals surface area contributed by atoms with Crippen molar-refractivity contribution in [3.05, 3.63) is 28.2 Å². The lowest BCUT2D eigenvalue weighted by molar-refractivity contribution is -0.120. The third-order valence-corrected chi connectivity index (χ3v) is 3.98. The predicted molar refractivity (Wildman–Crippen MR) is 80.4 cm³/mol. The molecule has 5 heteroatoms. The third kappa shape index (κ3) is 3.97. The normalized spacial score (nSPS) is 18.9. The van der Waals surface area contributed by atoms with Gasteiger partial charge in [0, 0.05) is 16.7 Å². The number of hydrogen-bond acceptors (Lipinski definition) is 2. The number of piperidine rings is 1. The van der Waals surface area contributed by atoms with Crippen LogP contribution in [0.5, 0.6) is 0 Å². The van der Waals surface area contributed by atoms with Gasteiger partial charge in [-0.3, -0.25) is 4.79 Å². The summed E-state index contributed by atoms with van der Waals surface area (Å²) in [7, 11) is 0. The molecule has 18 heavy (non-hydrogen) atoms. The number of aryl methyl sites for hydroxylation is 1. The highest BCUT2D eigenvalue weighted by molar-refractivity contribution is 9.10. The summed E-state index contributed by atoms with van der Waals surface area (Å²) in [4.78, 5) is 12.0. The van der Waals surface area contributed by atoms with E-state index < -0.39 is 0 Å². The van der Waals surface area contributed by atoms with Crippen molar-refractivity contribution >= 4 is 39.9 Å². The lowest BCUT2D eigenvalue weighted by atomic mass is 9.99. The summed E-state index contributed by atoms with van der Waals surface area (Å²) in [6.45, 7) is 3.84. The second-order valence-electron chi connectivity index (χ2n) is 4.50. The van der Waals surface area contributed by atoms with E-state index in [1.54, 1.807) is 0 Å². The highest BCUT2D eigenvalue weighted by Crippen LogP contribution is 2.21. The first kappa shape index (κ1) is 15.5. The third-order valence-electron chi connectivity index (χ3n) is 3.09. The van der Waals surface area contributed by atoms with Crippen LogP contribution in [0, 0.1) is 12.8 Å². The molecule has 2 N–H and O–H groups in total. The zero-order valence-corrected chi connectivity index (χ0v) is 12.7. The highest BCUT2D eigenvalue weighted by Gasteiger charge is 2.20. The minimum Gasteiger partial charge on any atom is -0.326 e. The van der Waals surface area contributed by atoms with Crippen molar-refractivity contribution in [2.45, 2.75) is 19.8 Å². The first-order valence-electron chi connectivity index (χ1n) is 5.94. The van der Waals surface area contributed by atoms with Gasteiger partial charge in [0.2, 0.25) is 5.91 Å². The van der Waals surface area contributed by atoms with E-state index in [1.165, 1.54) is 0 Å². The summed E-state index contributed by atoms with van der Waals surface area (Å²) in [6, 6.07) is 5.87. The zero-order valence-electron chi connectivity index (χ0n) is 10.3. The van der Waals surface area contributed by atoms with Crippen molar-refractivity contribution in [1.29, 1.82) is 0 Å². The molecule has 1 fully saturated rings. The van der Waals surface area contributed by atoms with Crippen LogP contribution < -0.4 is 10.6 Å². The lowest BCUT2D eigenvalue weighted by Crippen LogP contribution is -2.37. The number of nitrogens with one attached hydrogen (secondary N) is 2. The molecule has 1 atom stereocenters. The summed E-state index contributed by atoms with van der Waals surface area (Å²) in [5.74, 6) is 0.228. The van der Waals surface area contributed by atoms with Crippen molar-refractivity contribution in [2.24, 2.45) is 5.92 Å². The Morgan fingerprint density at radius 3 is 2.89 bits per heavy atom. The highest BCUT2D eigenvalue weighted by atomic mass is 79.9. The maximum absolute atomic E-state index is 12.0. The van der Waals surface area contributed by atoms with Crippen molar-refractivity contribution < 1.29 is 4.79 Å². The van der Waals surface area contributed by atoms with E-state index in [1.807, 2.05) is 25.1 Å². The molecule has 1 aliphatic rings. The maximum Gasteiger partial charge on any atom is 0.228 e. The molecule has 1 unspecified atom stereocenters. The SMILES string of the molecule is Cc1cc(NC(=O)C2CCCNC2)ccc1Br.Cl. The van der Waals surface area contributed by atoms with Gasteiger partial charge < -0.3 is 10.6 Å². The Morgan fingerprint density at radius 2 is 2.28 bits per heavy atom. The predicted octanol–water partition coefficient (Wildman–Crippen LogP) is 3.12. The fourth-order valence-corrected chi connectivity index (χ4v) is 2.29. The van der Waals surface area contributed by atoms with Crippen LogP contribution in [0.25, 0.3) is 0 Å². The standard InChI is InChI=1S/C13H17BrN2O.ClH/c1-9-7-11(4-5-12(9)14)16-13(17)10-3-2-6-15-8-10;/h4-5,7,10,15H,2-3,6,8H2,1H3,(H,16,17);1H. The van der Waals surface area contributed by atoms with Gasteiger partial charge in [0.05, 0.1) is 5.92 Å². The number of benzene rings is 1. The van der Waals surface area contributed by atoms with Gasteiger partial charge in [-0.15, -0.1) is 12.4 Å². The monoisotopic (exact) mass is 332 g/mol. The van der Waals surface area contributed by atoms with Gasteiger partial charge in [-0.05, 0) is 50.1 Å². The minimum absolute atomic E-state index is 0. The van der Waals surface area contributed by atoms with Gasteiger partial charge in [-0.2, -0.15) is 0 Å². The molecule has 0 aromatic heterocycles. The molecule has 1 amide bonds. The Labute approximate surface area is 122 Å². The van der Waals surface area contributed by atoms with Crippen LogP contribution in [0.2, 0.25) is 0 Å². The van der Waals surface area contributed by atoms with Crippen LogP contribution >= 0.6 is 28.3 Å². The smallest absolute Gasteiger partial charge is 0.228 e. The Balaban J connectivity index is 0.00000162. The van der Waals surface area contributed by atoms with Gasteiger partial charge in [0.1, 0.15) is 0 Å². The molecule has 0 saturated carbocycles. The van der Waals surface area contributed by atoms with Crippen molar-refractivity contribution in [2.75, 3.05) is 18.4 Å². The second kappa shape index (κ2) is 7.12. The van der Waals surface area contributed by atoms with E-state index in [0.29, 0.717) is 0 Å². The molecule has 0 aliphatic carbocycles. The average Bonchev–Trinajstić information content (AvgIpc) is 2.35. The van der Waals surface area contributed by atoms with Crippen molar-refractivity contribution in [3.8, 4) is 0 Å².